The first-order valence-corrected chi connectivity index (χ1v) is 8.16. The van der Waals surface area contributed by atoms with Crippen LogP contribution < -0.4 is 0 Å². The van der Waals surface area contributed by atoms with E-state index in [1.165, 1.54) is 12.1 Å². The summed E-state index contributed by atoms with van der Waals surface area (Å²) in [7, 11) is 0. The number of nitrogens with zero attached hydrogens (tertiary/aromatic N) is 1. The lowest BCUT2D eigenvalue weighted by atomic mass is 10.1. The molecule has 1 heterocycles. The van der Waals surface area contributed by atoms with Gasteiger partial charge in [-0.2, -0.15) is 0 Å². The first-order chi connectivity index (χ1) is 12.1. The number of H-pyrrole nitrogens is 1. The summed E-state index contributed by atoms with van der Waals surface area (Å²) >= 11 is 5.96. The van der Waals surface area contributed by atoms with Crippen LogP contribution in [0.3, 0.4) is 0 Å². The van der Waals surface area contributed by atoms with Crippen molar-refractivity contribution in [3.8, 4) is 11.4 Å². The van der Waals surface area contributed by atoms with Gasteiger partial charge in [0.1, 0.15) is 11.6 Å². The third kappa shape index (κ3) is 3.88. The summed E-state index contributed by atoms with van der Waals surface area (Å²) in [5, 5.41) is 0.318. The van der Waals surface area contributed by atoms with Gasteiger partial charge in [-0.3, -0.25) is 0 Å². The van der Waals surface area contributed by atoms with Crippen molar-refractivity contribution >= 4 is 17.6 Å². The van der Waals surface area contributed by atoms with Crippen molar-refractivity contribution in [1.29, 1.82) is 0 Å². The number of benzene rings is 2. The predicted molar refractivity (Wildman–Crippen MR) is 94.2 cm³/mol. The maximum absolute atomic E-state index is 13.7. The minimum atomic E-state index is -0.552. The zero-order valence-corrected chi connectivity index (χ0v) is 14.3. The zero-order chi connectivity index (χ0) is 17.8. The number of esters is 1. The van der Waals surface area contributed by atoms with E-state index >= 15 is 0 Å². The number of carbonyl (C=O) groups excluding carboxylic acids is 1. The second kappa shape index (κ2) is 7.49. The van der Waals surface area contributed by atoms with Crippen molar-refractivity contribution in [2.45, 2.75) is 13.3 Å². The molecule has 128 valence electrons. The topological polar surface area (TPSA) is 55.0 Å². The Labute approximate surface area is 149 Å². The summed E-state index contributed by atoms with van der Waals surface area (Å²) in [4.78, 5) is 19.6. The Hall–Kier alpha value is -2.66. The molecule has 0 saturated carbocycles. The Morgan fingerprint density at radius 1 is 1.20 bits per heavy atom. The molecule has 25 heavy (non-hydrogen) atoms. The largest absolute Gasteiger partial charge is 0.461 e. The number of hydrogen-bond donors (Lipinski definition) is 1. The van der Waals surface area contributed by atoms with E-state index < -0.39 is 11.8 Å². The minimum Gasteiger partial charge on any atom is -0.461 e. The molecule has 4 nitrogen and oxygen atoms in total. The van der Waals surface area contributed by atoms with Gasteiger partial charge in [0.2, 0.25) is 0 Å². The van der Waals surface area contributed by atoms with E-state index in [9.17, 15) is 9.18 Å². The van der Waals surface area contributed by atoms with Crippen LogP contribution in [-0.2, 0) is 11.2 Å². The fourth-order valence-corrected chi connectivity index (χ4v) is 2.73. The monoisotopic (exact) mass is 358 g/mol. The van der Waals surface area contributed by atoms with Crippen LogP contribution in [0.5, 0.6) is 0 Å². The van der Waals surface area contributed by atoms with Gasteiger partial charge >= 0.3 is 5.97 Å². The van der Waals surface area contributed by atoms with Gasteiger partial charge in [0.15, 0.2) is 5.69 Å². The number of imidazole rings is 1. The molecule has 0 radical (unpaired) electrons. The summed E-state index contributed by atoms with van der Waals surface area (Å²) in [6, 6.07) is 13.9. The maximum atomic E-state index is 13.7. The van der Waals surface area contributed by atoms with Crippen LogP contribution in [0.1, 0.15) is 21.7 Å². The number of aromatic nitrogens is 2. The second-order valence-electron chi connectivity index (χ2n) is 5.51. The Balaban J connectivity index is 1.67. The van der Waals surface area contributed by atoms with Crippen molar-refractivity contribution in [2.75, 3.05) is 6.61 Å². The molecule has 1 N–H and O–H groups in total. The third-order valence-electron chi connectivity index (χ3n) is 3.77. The Kier molecular flexibility index (Phi) is 5.14. The molecule has 0 atom stereocenters. The average molecular weight is 359 g/mol. The van der Waals surface area contributed by atoms with Crippen molar-refractivity contribution in [2.24, 2.45) is 0 Å². The third-order valence-corrected chi connectivity index (χ3v) is 4.13. The minimum absolute atomic E-state index is 0.0203. The van der Waals surface area contributed by atoms with Crippen LogP contribution in [0.4, 0.5) is 4.39 Å². The van der Waals surface area contributed by atoms with E-state index in [1.54, 1.807) is 13.0 Å². The lowest BCUT2D eigenvalue weighted by Crippen LogP contribution is -2.10. The highest BCUT2D eigenvalue weighted by Crippen LogP contribution is 2.20. The highest BCUT2D eigenvalue weighted by molar-refractivity contribution is 6.31. The molecule has 0 bridgehead atoms. The van der Waals surface area contributed by atoms with Gasteiger partial charge in [0, 0.05) is 28.3 Å². The lowest BCUT2D eigenvalue weighted by Gasteiger charge is -2.06. The van der Waals surface area contributed by atoms with Gasteiger partial charge in [-0.1, -0.05) is 48.0 Å². The highest BCUT2D eigenvalue weighted by atomic mass is 35.5. The van der Waals surface area contributed by atoms with Gasteiger partial charge in [0.05, 0.1) is 6.61 Å². The molecule has 1 aromatic heterocycles. The van der Waals surface area contributed by atoms with Gasteiger partial charge in [0.25, 0.3) is 0 Å². The number of rotatable bonds is 5. The normalized spacial score (nSPS) is 10.7. The molecule has 0 aliphatic rings. The Morgan fingerprint density at radius 3 is 2.68 bits per heavy atom. The van der Waals surface area contributed by atoms with Gasteiger partial charge in [-0.05, 0) is 19.1 Å². The van der Waals surface area contributed by atoms with Crippen molar-refractivity contribution in [3.05, 3.63) is 76.3 Å². The van der Waals surface area contributed by atoms with E-state index in [4.69, 9.17) is 16.3 Å². The van der Waals surface area contributed by atoms with Crippen LogP contribution in [0.25, 0.3) is 11.4 Å². The molecule has 0 unspecified atom stereocenters. The van der Waals surface area contributed by atoms with Crippen LogP contribution in [0, 0.1) is 12.7 Å². The van der Waals surface area contributed by atoms with Crippen LogP contribution in [-0.4, -0.2) is 22.5 Å². The molecule has 3 rings (SSSR count). The molecule has 3 aromatic rings. The molecular formula is C19H16ClFN2O2. The van der Waals surface area contributed by atoms with Gasteiger partial charge < -0.3 is 9.72 Å². The lowest BCUT2D eigenvalue weighted by molar-refractivity contribution is 0.0501. The summed E-state index contributed by atoms with van der Waals surface area (Å²) in [5.41, 5.74) is 2.05. The first-order valence-electron chi connectivity index (χ1n) is 7.78. The molecule has 0 aliphatic carbocycles. The Morgan fingerprint density at radius 2 is 1.96 bits per heavy atom. The second-order valence-corrected chi connectivity index (χ2v) is 5.92. The van der Waals surface area contributed by atoms with E-state index in [2.05, 4.69) is 9.97 Å². The van der Waals surface area contributed by atoms with E-state index in [0.717, 1.165) is 5.56 Å². The number of halogens is 2. The quantitative estimate of drug-likeness (QED) is 0.679. The zero-order valence-electron chi connectivity index (χ0n) is 13.6. The number of hydrogen-bond acceptors (Lipinski definition) is 3. The molecule has 0 fully saturated rings. The van der Waals surface area contributed by atoms with Gasteiger partial charge in [-0.25, -0.2) is 14.2 Å². The number of aromatic amines is 1. The predicted octanol–water partition coefficient (Wildman–Crippen LogP) is 4.58. The molecule has 0 aliphatic heterocycles. The fraction of sp³-hybridized carbons (Fsp3) is 0.158. The maximum Gasteiger partial charge on any atom is 0.358 e. The van der Waals surface area contributed by atoms with E-state index in [0.29, 0.717) is 22.1 Å². The molecule has 0 spiro atoms. The van der Waals surface area contributed by atoms with E-state index in [-0.39, 0.29) is 18.7 Å². The summed E-state index contributed by atoms with van der Waals surface area (Å²) in [6.07, 6.45) is 0.201. The molecular weight excluding hydrogens is 343 g/mol. The van der Waals surface area contributed by atoms with E-state index in [1.807, 2.05) is 30.3 Å². The van der Waals surface area contributed by atoms with Gasteiger partial charge in [-0.15, -0.1) is 0 Å². The summed E-state index contributed by atoms with van der Waals surface area (Å²) < 4.78 is 18.9. The first kappa shape index (κ1) is 17.2. The summed E-state index contributed by atoms with van der Waals surface area (Å²) in [5.74, 6) is -0.364. The summed E-state index contributed by atoms with van der Waals surface area (Å²) in [6.45, 7) is 1.77. The van der Waals surface area contributed by atoms with Crippen molar-refractivity contribution < 1.29 is 13.9 Å². The number of nitrogens with one attached hydrogen (secondary N) is 1. The van der Waals surface area contributed by atoms with Crippen LogP contribution in [0.15, 0.2) is 48.5 Å². The SMILES string of the molecule is Cc1[nH]c(-c2ccccc2)nc1C(=O)OCCc1c(F)cccc1Cl. The fourth-order valence-electron chi connectivity index (χ4n) is 2.48. The Bertz CT molecular complexity index is 873. The average Bonchev–Trinajstić information content (AvgIpc) is 3.00. The standard InChI is InChI=1S/C19H16ClFN2O2/c1-12-17(23-18(22-12)13-6-3-2-4-7-13)19(24)25-11-10-14-15(20)8-5-9-16(14)21/h2-9H,10-11H2,1H3,(H,22,23). The molecule has 0 amide bonds. The number of aryl methyl sites for hydroxylation is 1. The van der Waals surface area contributed by atoms with Crippen LogP contribution >= 0.6 is 11.6 Å². The van der Waals surface area contributed by atoms with Crippen molar-refractivity contribution in [3.63, 3.8) is 0 Å². The molecule has 0 saturated heterocycles. The van der Waals surface area contributed by atoms with Crippen molar-refractivity contribution in [1.82, 2.24) is 9.97 Å². The highest BCUT2D eigenvalue weighted by Gasteiger charge is 2.17. The molecule has 6 heteroatoms. The smallest absolute Gasteiger partial charge is 0.358 e. The number of ether oxygens (including phenoxy) is 1. The molecule has 2 aromatic carbocycles. The number of carbonyl (C=O) groups is 1. The van der Waals surface area contributed by atoms with Crippen LogP contribution in [0.2, 0.25) is 5.02 Å².